The van der Waals surface area contributed by atoms with Crippen molar-refractivity contribution in [2.24, 2.45) is 0 Å². The number of benzene rings is 2. The van der Waals surface area contributed by atoms with Crippen LogP contribution in [0.5, 0.6) is 0 Å². The second-order valence-corrected chi connectivity index (χ2v) is 6.90. The van der Waals surface area contributed by atoms with Crippen molar-refractivity contribution in [3.05, 3.63) is 64.9 Å². The molecule has 0 bridgehead atoms. The second-order valence-electron chi connectivity index (χ2n) is 4.78. The Balaban J connectivity index is 2.24. The Morgan fingerprint density at radius 3 is 2.43 bits per heavy atom. The van der Waals surface area contributed by atoms with Crippen LogP contribution in [-0.2, 0) is 21.2 Å². The summed E-state index contributed by atoms with van der Waals surface area (Å²) in [5.41, 5.74) is 0.666. The summed E-state index contributed by atoms with van der Waals surface area (Å²) in [7, 11) is -4.15. The first-order chi connectivity index (χ1) is 10.8. The van der Waals surface area contributed by atoms with Gasteiger partial charge in [0.2, 0.25) is 10.0 Å². The molecule has 2 aromatic rings. The van der Waals surface area contributed by atoms with Gasteiger partial charge in [0.15, 0.2) is 0 Å². The Hall–Kier alpha value is -1.96. The quantitative estimate of drug-likeness (QED) is 0.831. The molecule has 0 aliphatic heterocycles. The molecular formula is C15H13ClFNO4S. The third-order valence-electron chi connectivity index (χ3n) is 3.08. The first kappa shape index (κ1) is 17.4. The van der Waals surface area contributed by atoms with Crippen LogP contribution in [0.1, 0.15) is 5.56 Å². The molecule has 0 aromatic heterocycles. The van der Waals surface area contributed by atoms with Gasteiger partial charge in [-0.2, -0.15) is 4.72 Å². The third kappa shape index (κ3) is 4.51. The number of rotatable bonds is 6. The number of hydrogen-bond donors (Lipinski definition) is 2. The van der Waals surface area contributed by atoms with E-state index in [9.17, 15) is 22.7 Å². The van der Waals surface area contributed by atoms with Gasteiger partial charge >= 0.3 is 5.97 Å². The highest BCUT2D eigenvalue weighted by atomic mass is 35.5. The van der Waals surface area contributed by atoms with Crippen molar-refractivity contribution in [3.63, 3.8) is 0 Å². The SMILES string of the molecule is O=C(O)[C@@H](Cc1ccccc1)NS(=O)(=O)c1ccc(F)c(Cl)c1. The number of carboxylic acid groups (broad SMARTS) is 1. The van der Waals surface area contributed by atoms with Crippen molar-refractivity contribution in [3.8, 4) is 0 Å². The average molecular weight is 358 g/mol. The van der Waals surface area contributed by atoms with Gasteiger partial charge in [0, 0.05) is 0 Å². The Bertz CT molecular complexity index is 811. The molecule has 122 valence electrons. The summed E-state index contributed by atoms with van der Waals surface area (Å²) in [6.45, 7) is 0. The zero-order chi connectivity index (χ0) is 17.0. The van der Waals surface area contributed by atoms with E-state index in [1.807, 2.05) is 0 Å². The number of aliphatic carboxylic acids is 1. The van der Waals surface area contributed by atoms with Crippen molar-refractivity contribution >= 4 is 27.6 Å². The lowest BCUT2D eigenvalue weighted by Gasteiger charge is -2.15. The molecular weight excluding hydrogens is 345 g/mol. The topological polar surface area (TPSA) is 83.5 Å². The van der Waals surface area contributed by atoms with Crippen LogP contribution in [0, 0.1) is 5.82 Å². The maximum atomic E-state index is 13.1. The molecule has 8 heteroatoms. The van der Waals surface area contributed by atoms with Gasteiger partial charge in [-0.1, -0.05) is 41.9 Å². The normalized spacial score (nSPS) is 12.8. The van der Waals surface area contributed by atoms with E-state index in [1.165, 1.54) is 0 Å². The predicted octanol–water partition coefficient (Wildman–Crippen LogP) is 2.45. The molecule has 0 fully saturated rings. The third-order valence-corrected chi connectivity index (χ3v) is 4.84. The molecule has 2 N–H and O–H groups in total. The highest BCUT2D eigenvalue weighted by Gasteiger charge is 2.26. The summed E-state index contributed by atoms with van der Waals surface area (Å²) in [6, 6.07) is 10.1. The predicted molar refractivity (Wildman–Crippen MR) is 83.3 cm³/mol. The van der Waals surface area contributed by atoms with E-state index < -0.39 is 27.9 Å². The zero-order valence-electron chi connectivity index (χ0n) is 11.7. The van der Waals surface area contributed by atoms with E-state index in [1.54, 1.807) is 30.3 Å². The number of halogens is 2. The summed E-state index contributed by atoms with van der Waals surface area (Å²) in [4.78, 5) is 11.0. The average Bonchev–Trinajstić information content (AvgIpc) is 2.50. The number of nitrogens with one attached hydrogen (secondary N) is 1. The molecule has 1 atom stereocenters. The van der Waals surface area contributed by atoms with Crippen molar-refractivity contribution < 1.29 is 22.7 Å². The minimum Gasteiger partial charge on any atom is -0.480 e. The molecule has 2 aromatic carbocycles. The van der Waals surface area contributed by atoms with Crippen LogP contribution in [0.2, 0.25) is 5.02 Å². The standard InChI is InChI=1S/C15H13ClFNO4S/c16-12-9-11(6-7-13(12)17)23(21,22)18-14(15(19)20)8-10-4-2-1-3-5-10/h1-7,9,14,18H,8H2,(H,19,20)/t14-/m1/s1. The maximum absolute atomic E-state index is 13.1. The van der Waals surface area contributed by atoms with Crippen molar-refractivity contribution in [1.29, 1.82) is 0 Å². The van der Waals surface area contributed by atoms with Gasteiger partial charge < -0.3 is 5.11 Å². The molecule has 23 heavy (non-hydrogen) atoms. The largest absolute Gasteiger partial charge is 0.480 e. The molecule has 0 spiro atoms. The molecule has 0 radical (unpaired) electrons. The smallest absolute Gasteiger partial charge is 0.322 e. The molecule has 0 amide bonds. The van der Waals surface area contributed by atoms with Crippen LogP contribution in [0.25, 0.3) is 0 Å². The number of carboxylic acids is 1. The van der Waals surface area contributed by atoms with Crippen molar-refractivity contribution in [2.75, 3.05) is 0 Å². The lowest BCUT2D eigenvalue weighted by molar-refractivity contribution is -0.138. The van der Waals surface area contributed by atoms with E-state index in [0.717, 1.165) is 18.2 Å². The number of hydrogen-bond acceptors (Lipinski definition) is 3. The fourth-order valence-corrected chi connectivity index (χ4v) is 3.39. The Morgan fingerprint density at radius 1 is 1.22 bits per heavy atom. The van der Waals surface area contributed by atoms with Gasteiger partial charge in [-0.15, -0.1) is 0 Å². The van der Waals surface area contributed by atoms with Gasteiger partial charge in [0.05, 0.1) is 9.92 Å². The van der Waals surface area contributed by atoms with E-state index in [4.69, 9.17) is 11.6 Å². The van der Waals surface area contributed by atoms with Crippen LogP contribution >= 0.6 is 11.6 Å². The molecule has 0 heterocycles. The molecule has 0 saturated carbocycles. The molecule has 2 rings (SSSR count). The van der Waals surface area contributed by atoms with Crippen LogP contribution in [0.3, 0.4) is 0 Å². The van der Waals surface area contributed by atoms with E-state index in [-0.39, 0.29) is 16.3 Å². The minimum atomic E-state index is -4.15. The van der Waals surface area contributed by atoms with Gasteiger partial charge in [-0.3, -0.25) is 4.79 Å². The Kier molecular flexibility index (Phi) is 5.35. The van der Waals surface area contributed by atoms with Gasteiger partial charge in [-0.05, 0) is 30.2 Å². The lowest BCUT2D eigenvalue weighted by atomic mass is 10.1. The molecule has 0 aliphatic carbocycles. The van der Waals surface area contributed by atoms with Crippen LogP contribution in [-0.4, -0.2) is 25.5 Å². The zero-order valence-corrected chi connectivity index (χ0v) is 13.3. The maximum Gasteiger partial charge on any atom is 0.322 e. The Labute approximate surface area is 137 Å². The van der Waals surface area contributed by atoms with Gasteiger partial charge in [0.1, 0.15) is 11.9 Å². The lowest BCUT2D eigenvalue weighted by Crippen LogP contribution is -2.42. The van der Waals surface area contributed by atoms with Crippen LogP contribution in [0.15, 0.2) is 53.4 Å². The summed E-state index contributed by atoms with van der Waals surface area (Å²) in [5.74, 6) is -2.07. The van der Waals surface area contributed by atoms with Gasteiger partial charge in [0.25, 0.3) is 0 Å². The highest BCUT2D eigenvalue weighted by Crippen LogP contribution is 2.19. The summed E-state index contributed by atoms with van der Waals surface area (Å²) in [6.07, 6.45) is -0.0235. The minimum absolute atomic E-state index is 0.0235. The monoisotopic (exact) mass is 357 g/mol. The summed E-state index contributed by atoms with van der Waals surface area (Å²) in [5, 5.41) is 8.87. The van der Waals surface area contributed by atoms with Crippen LogP contribution < -0.4 is 4.72 Å². The fourth-order valence-electron chi connectivity index (χ4n) is 1.93. The van der Waals surface area contributed by atoms with Crippen molar-refractivity contribution in [1.82, 2.24) is 4.72 Å². The van der Waals surface area contributed by atoms with E-state index in [2.05, 4.69) is 4.72 Å². The summed E-state index contributed by atoms with van der Waals surface area (Å²) < 4.78 is 39.7. The van der Waals surface area contributed by atoms with Gasteiger partial charge in [-0.25, -0.2) is 12.8 Å². The first-order valence-corrected chi connectivity index (χ1v) is 8.40. The van der Waals surface area contributed by atoms with E-state index in [0.29, 0.717) is 5.56 Å². The van der Waals surface area contributed by atoms with Crippen molar-refractivity contribution in [2.45, 2.75) is 17.4 Å². The second kappa shape index (κ2) is 7.08. The van der Waals surface area contributed by atoms with Crippen LogP contribution in [0.4, 0.5) is 4.39 Å². The highest BCUT2D eigenvalue weighted by molar-refractivity contribution is 7.89. The first-order valence-electron chi connectivity index (χ1n) is 6.54. The fraction of sp³-hybridized carbons (Fsp3) is 0.133. The molecule has 0 unspecified atom stereocenters. The van der Waals surface area contributed by atoms with E-state index >= 15 is 0 Å². The molecule has 0 saturated heterocycles. The number of carbonyl (C=O) groups is 1. The summed E-state index contributed by atoms with van der Waals surface area (Å²) >= 11 is 5.57. The number of sulfonamides is 1. The Morgan fingerprint density at radius 2 is 1.87 bits per heavy atom. The molecule has 0 aliphatic rings. The molecule has 5 nitrogen and oxygen atoms in total.